The van der Waals surface area contributed by atoms with Crippen LogP contribution in [0.3, 0.4) is 0 Å². The number of pyridine rings is 1. The van der Waals surface area contributed by atoms with E-state index in [1.807, 2.05) is 0 Å². The molecule has 0 spiro atoms. The van der Waals surface area contributed by atoms with Crippen LogP contribution in [0.1, 0.15) is 53.2 Å². The molecule has 0 radical (unpaired) electrons. The van der Waals surface area contributed by atoms with Crippen molar-refractivity contribution in [3.63, 3.8) is 0 Å². The minimum atomic E-state index is -4.72. The Hall–Kier alpha value is -4.68. The number of halogens is 6. The van der Waals surface area contributed by atoms with E-state index in [2.05, 4.69) is 20.7 Å². The van der Waals surface area contributed by atoms with Crippen LogP contribution < -0.4 is 10.6 Å². The van der Waals surface area contributed by atoms with Crippen LogP contribution in [0.25, 0.3) is 11.1 Å². The first-order valence-electron chi connectivity index (χ1n) is 13.1. The lowest BCUT2D eigenvalue weighted by Crippen LogP contribution is -2.39. The smallest absolute Gasteiger partial charge is 0.355 e. The van der Waals surface area contributed by atoms with Crippen LogP contribution in [0.15, 0.2) is 67.0 Å². The summed E-state index contributed by atoms with van der Waals surface area (Å²) in [6.07, 6.45) is -2.43. The van der Waals surface area contributed by atoms with Crippen LogP contribution in [-0.4, -0.2) is 33.6 Å². The van der Waals surface area contributed by atoms with E-state index in [0.29, 0.717) is 17.2 Å². The van der Waals surface area contributed by atoms with Gasteiger partial charge in [0, 0.05) is 31.1 Å². The highest BCUT2D eigenvalue weighted by Crippen LogP contribution is 2.32. The van der Waals surface area contributed by atoms with Gasteiger partial charge >= 0.3 is 6.18 Å². The summed E-state index contributed by atoms with van der Waals surface area (Å²) in [6.45, 7) is 3.25. The lowest BCUT2D eigenvalue weighted by Gasteiger charge is -2.26. The van der Waals surface area contributed by atoms with Crippen molar-refractivity contribution < 1.29 is 35.9 Å². The van der Waals surface area contributed by atoms with Crippen LogP contribution in [-0.2, 0) is 17.4 Å². The summed E-state index contributed by atoms with van der Waals surface area (Å²) in [5.41, 5.74) is -0.336. The van der Waals surface area contributed by atoms with E-state index >= 15 is 0 Å². The molecular weight excluding hydrogens is 576 g/mol. The van der Waals surface area contributed by atoms with Crippen molar-refractivity contribution in [2.75, 3.05) is 7.05 Å². The summed E-state index contributed by atoms with van der Waals surface area (Å²) in [6, 6.07) is 8.31. The lowest BCUT2D eigenvalue weighted by molar-refractivity contribution is -0.142. The number of carbonyl (C=O) groups is 2. The molecule has 0 aliphatic heterocycles. The zero-order chi connectivity index (χ0) is 31.5. The first-order valence-corrected chi connectivity index (χ1v) is 13.1. The van der Waals surface area contributed by atoms with E-state index in [9.17, 15) is 35.9 Å². The highest BCUT2D eigenvalue weighted by molar-refractivity contribution is 5.95. The third kappa shape index (κ3) is 7.22. The molecule has 4 rings (SSSR count). The van der Waals surface area contributed by atoms with Crippen LogP contribution in [0.4, 0.5) is 26.3 Å². The van der Waals surface area contributed by atoms with E-state index in [1.165, 1.54) is 25.4 Å². The van der Waals surface area contributed by atoms with E-state index in [1.54, 1.807) is 26.0 Å². The van der Waals surface area contributed by atoms with Gasteiger partial charge in [-0.05, 0) is 59.9 Å². The molecule has 226 valence electrons. The zero-order valence-electron chi connectivity index (χ0n) is 23.2. The van der Waals surface area contributed by atoms with Crippen molar-refractivity contribution >= 4 is 11.8 Å². The van der Waals surface area contributed by atoms with Crippen molar-refractivity contribution in [3.05, 3.63) is 107 Å². The lowest BCUT2D eigenvalue weighted by atomic mass is 9.93. The van der Waals surface area contributed by atoms with Gasteiger partial charge in [0.05, 0.1) is 17.3 Å². The predicted octanol–water partition coefficient (Wildman–Crippen LogP) is 6.04. The maximum atomic E-state index is 14.4. The van der Waals surface area contributed by atoms with Gasteiger partial charge in [-0.15, -0.1) is 0 Å². The minimum absolute atomic E-state index is 0.157. The third-order valence-corrected chi connectivity index (χ3v) is 6.68. The van der Waals surface area contributed by atoms with Gasteiger partial charge in [-0.2, -0.15) is 18.3 Å². The van der Waals surface area contributed by atoms with Crippen molar-refractivity contribution in [3.8, 4) is 11.1 Å². The number of carbonyl (C=O) groups excluding carboxylic acids is 2. The summed E-state index contributed by atoms with van der Waals surface area (Å²) in [7, 11) is 1.34. The number of hydrogen-bond acceptors (Lipinski definition) is 4. The molecule has 1 unspecified atom stereocenters. The molecule has 2 heterocycles. The molecule has 0 saturated carbocycles. The molecule has 2 aromatic carbocycles. The van der Waals surface area contributed by atoms with Crippen molar-refractivity contribution in [2.24, 2.45) is 5.92 Å². The molecule has 0 aliphatic rings. The summed E-state index contributed by atoms with van der Waals surface area (Å²) in [4.78, 5) is 30.4. The summed E-state index contributed by atoms with van der Waals surface area (Å²) >= 11 is 0. The molecule has 0 aliphatic carbocycles. The van der Waals surface area contributed by atoms with Gasteiger partial charge < -0.3 is 10.6 Å². The Morgan fingerprint density at radius 3 is 2.28 bits per heavy atom. The predicted molar refractivity (Wildman–Crippen MR) is 145 cm³/mol. The topological polar surface area (TPSA) is 88.9 Å². The summed E-state index contributed by atoms with van der Waals surface area (Å²) in [5.74, 6) is -4.41. The third-order valence-electron chi connectivity index (χ3n) is 6.68. The van der Waals surface area contributed by atoms with E-state index in [-0.39, 0.29) is 23.2 Å². The van der Waals surface area contributed by atoms with Gasteiger partial charge in [0.25, 0.3) is 5.91 Å². The number of benzene rings is 2. The summed E-state index contributed by atoms with van der Waals surface area (Å²) in [5, 5.41) is 8.69. The van der Waals surface area contributed by atoms with Gasteiger partial charge in [0.1, 0.15) is 23.5 Å². The Morgan fingerprint density at radius 2 is 1.67 bits per heavy atom. The maximum absolute atomic E-state index is 14.4. The Bertz CT molecular complexity index is 1620. The van der Waals surface area contributed by atoms with Crippen LogP contribution in [0.5, 0.6) is 0 Å². The van der Waals surface area contributed by atoms with Gasteiger partial charge in [0.15, 0.2) is 5.69 Å². The first-order chi connectivity index (χ1) is 20.3. The number of hydrogen-bond donors (Lipinski definition) is 2. The number of alkyl halides is 3. The van der Waals surface area contributed by atoms with E-state index in [4.69, 9.17) is 0 Å². The van der Waals surface area contributed by atoms with Crippen molar-refractivity contribution in [2.45, 2.75) is 38.5 Å². The Balaban J connectivity index is 1.80. The summed E-state index contributed by atoms with van der Waals surface area (Å²) < 4.78 is 83.3. The Morgan fingerprint density at radius 1 is 0.977 bits per heavy atom. The molecule has 0 fully saturated rings. The number of nitrogens with zero attached hydrogens (tertiary/aromatic N) is 3. The molecule has 4 aromatic rings. The van der Waals surface area contributed by atoms with Crippen molar-refractivity contribution in [1.29, 1.82) is 0 Å². The largest absolute Gasteiger partial charge is 0.435 e. The van der Waals surface area contributed by atoms with Gasteiger partial charge in [-0.25, -0.2) is 13.2 Å². The fourth-order valence-corrected chi connectivity index (χ4v) is 4.75. The molecule has 0 saturated heterocycles. The average Bonchev–Trinajstić information content (AvgIpc) is 3.42. The van der Waals surface area contributed by atoms with Crippen LogP contribution >= 0.6 is 0 Å². The molecule has 2 aromatic heterocycles. The monoisotopic (exact) mass is 603 g/mol. The molecule has 2 amide bonds. The molecule has 13 heteroatoms. The van der Waals surface area contributed by atoms with Gasteiger partial charge in [-0.3, -0.25) is 19.3 Å². The molecular formula is C30H27F6N5O2. The second-order valence-electron chi connectivity index (χ2n) is 10.1. The molecule has 2 N–H and O–H groups in total. The molecule has 43 heavy (non-hydrogen) atoms. The number of aromatic nitrogens is 3. The van der Waals surface area contributed by atoms with E-state index < -0.39 is 59.1 Å². The van der Waals surface area contributed by atoms with Gasteiger partial charge in [-0.1, -0.05) is 26.0 Å². The minimum Gasteiger partial charge on any atom is -0.355 e. The Kier molecular flexibility index (Phi) is 9.22. The average molecular weight is 604 g/mol. The normalized spacial score (nSPS) is 13.1. The maximum Gasteiger partial charge on any atom is 0.435 e. The van der Waals surface area contributed by atoms with Crippen molar-refractivity contribution in [1.82, 2.24) is 25.4 Å². The number of amides is 2. The highest BCUT2D eigenvalue weighted by Gasteiger charge is 2.36. The second kappa shape index (κ2) is 12.7. The molecule has 7 nitrogen and oxygen atoms in total. The highest BCUT2D eigenvalue weighted by atomic mass is 19.4. The molecule has 0 bridgehead atoms. The zero-order valence-corrected chi connectivity index (χ0v) is 23.2. The van der Waals surface area contributed by atoms with Gasteiger partial charge in [0.2, 0.25) is 5.91 Å². The number of nitrogens with one attached hydrogen (secondary N) is 2. The van der Waals surface area contributed by atoms with Crippen LogP contribution in [0.2, 0.25) is 0 Å². The second-order valence-corrected chi connectivity index (χ2v) is 10.1. The first kappa shape index (κ1) is 31.3. The van der Waals surface area contributed by atoms with Crippen LogP contribution in [0, 0.1) is 23.4 Å². The SMILES string of the molecule is CNC(=O)c1cc(-c2cccnc2[C@H](Cc2cc(F)cc(F)c2)NC(=O)C(C(C)C)n2ccc(C(F)(F)F)n2)ccc1F. The standard InChI is InChI=1S/C30H27F6N5O2/c1-16(2)27(41-10-8-25(40-41)30(34,35)36)29(43)39-24(13-17-11-19(31)15-20(32)12-17)26-21(5-4-9-38-26)18-6-7-23(33)22(14-18)28(42)37-3/h4-12,14-16,24,27H,13H2,1-3H3,(H,37,42)(H,39,43)/t24-,27?/m0/s1. The quantitative estimate of drug-likeness (QED) is 0.229. The number of rotatable bonds is 9. The fraction of sp³-hybridized carbons (Fsp3) is 0.267. The Labute approximate surface area is 242 Å². The molecule has 2 atom stereocenters. The van der Waals surface area contributed by atoms with E-state index in [0.717, 1.165) is 35.1 Å². The fourth-order valence-electron chi connectivity index (χ4n) is 4.75.